The van der Waals surface area contributed by atoms with Crippen LogP contribution in [-0.2, 0) is 22.6 Å². The molecule has 0 aromatic heterocycles. The van der Waals surface area contributed by atoms with Crippen LogP contribution < -0.4 is 19.7 Å². The maximum absolute atomic E-state index is 14.2. The van der Waals surface area contributed by atoms with Crippen molar-refractivity contribution in [2.75, 3.05) is 11.5 Å². The van der Waals surface area contributed by atoms with Gasteiger partial charge in [0.1, 0.15) is 18.0 Å². The normalized spacial score (nSPS) is 14.4. The maximum Gasteiger partial charge on any atom is 0.335 e. The fourth-order valence-corrected chi connectivity index (χ4v) is 4.16. The van der Waals surface area contributed by atoms with E-state index in [9.17, 15) is 18.8 Å². The molecule has 3 aromatic carbocycles. The van der Waals surface area contributed by atoms with E-state index in [1.807, 2.05) is 0 Å². The summed E-state index contributed by atoms with van der Waals surface area (Å²) in [6.07, 6.45) is 3.39. The van der Waals surface area contributed by atoms with E-state index >= 15 is 0 Å². The summed E-state index contributed by atoms with van der Waals surface area (Å²) in [4.78, 5) is 39.3. The van der Waals surface area contributed by atoms with E-state index in [-0.39, 0.29) is 22.9 Å². The van der Waals surface area contributed by atoms with Crippen LogP contribution in [0.4, 0.5) is 14.9 Å². The number of carbonyl (C=O) groups excluding carboxylic acids is 3. The second-order valence-corrected chi connectivity index (χ2v) is 8.63. The van der Waals surface area contributed by atoms with E-state index < -0.39 is 23.7 Å². The lowest BCUT2D eigenvalue weighted by atomic mass is 10.0. The monoisotopic (exact) mass is 534 g/mol. The molecular formula is C29H24ClFN2O5. The summed E-state index contributed by atoms with van der Waals surface area (Å²) in [6.45, 7) is 5.85. The number of carbonyl (C=O) groups is 3. The van der Waals surface area contributed by atoms with E-state index in [0.29, 0.717) is 41.2 Å². The lowest BCUT2D eigenvalue weighted by Crippen LogP contribution is -2.54. The number of allylic oxidation sites excluding steroid dienone is 1. The number of para-hydroxylation sites is 1. The van der Waals surface area contributed by atoms with Crippen molar-refractivity contribution < 1.29 is 28.2 Å². The van der Waals surface area contributed by atoms with Gasteiger partial charge in [-0.2, -0.15) is 0 Å². The van der Waals surface area contributed by atoms with Crippen LogP contribution >= 0.6 is 11.6 Å². The molecule has 9 heteroatoms. The molecule has 3 aromatic rings. The Morgan fingerprint density at radius 3 is 2.47 bits per heavy atom. The number of ether oxygens (including phenoxy) is 2. The highest BCUT2D eigenvalue weighted by atomic mass is 35.5. The molecule has 0 atom stereocenters. The Morgan fingerprint density at radius 2 is 1.76 bits per heavy atom. The molecule has 0 bridgehead atoms. The van der Waals surface area contributed by atoms with E-state index in [1.165, 1.54) is 24.3 Å². The number of halogens is 2. The number of imide groups is 2. The van der Waals surface area contributed by atoms with Gasteiger partial charge in [-0.05, 0) is 55.3 Å². The van der Waals surface area contributed by atoms with Crippen molar-refractivity contribution in [2.24, 2.45) is 0 Å². The van der Waals surface area contributed by atoms with Gasteiger partial charge in [-0.3, -0.25) is 14.9 Å². The first-order valence-electron chi connectivity index (χ1n) is 11.8. The van der Waals surface area contributed by atoms with Crippen LogP contribution in [0.25, 0.3) is 6.08 Å². The molecule has 0 saturated carbocycles. The van der Waals surface area contributed by atoms with Crippen molar-refractivity contribution in [3.63, 3.8) is 0 Å². The van der Waals surface area contributed by atoms with Crippen molar-refractivity contribution in [3.8, 4) is 11.5 Å². The number of anilines is 1. The minimum atomic E-state index is -0.899. The summed E-state index contributed by atoms with van der Waals surface area (Å²) in [6, 6.07) is 15.0. The molecule has 0 unspecified atom stereocenters. The highest BCUT2D eigenvalue weighted by molar-refractivity contribution is 6.42. The van der Waals surface area contributed by atoms with E-state index in [1.54, 1.807) is 55.5 Å². The van der Waals surface area contributed by atoms with Crippen LogP contribution in [0.3, 0.4) is 0 Å². The first-order valence-corrected chi connectivity index (χ1v) is 12.1. The second-order valence-electron chi connectivity index (χ2n) is 8.22. The number of hydrogen-bond donors (Lipinski definition) is 1. The van der Waals surface area contributed by atoms with Crippen LogP contribution in [0, 0.1) is 5.82 Å². The van der Waals surface area contributed by atoms with Crippen molar-refractivity contribution >= 4 is 41.2 Å². The molecular weight excluding hydrogens is 511 g/mol. The summed E-state index contributed by atoms with van der Waals surface area (Å²) in [5, 5.41) is 2.36. The number of benzene rings is 3. The standard InChI is InChI=1S/C29H24ClFN2O5/c1-3-9-19-14-18(16-25(37-4-2)26(19)38-17-20-10-5-7-12-23(20)31)15-21-27(34)32-29(36)33(28(21)35)24-13-8-6-11-22(24)30/h3,5-8,10-16H,1,4,9,17H2,2H3,(H,32,34,36)/b21-15+. The Bertz CT molecular complexity index is 1450. The number of urea groups is 1. The Morgan fingerprint density at radius 1 is 1.03 bits per heavy atom. The van der Waals surface area contributed by atoms with Crippen LogP contribution in [0.2, 0.25) is 5.02 Å². The molecule has 1 fully saturated rings. The Balaban J connectivity index is 1.74. The molecule has 4 amide bonds. The summed E-state index contributed by atoms with van der Waals surface area (Å²) in [5.41, 5.74) is 1.36. The average molecular weight is 535 g/mol. The van der Waals surface area contributed by atoms with Crippen LogP contribution in [0.15, 0.2) is 78.9 Å². The van der Waals surface area contributed by atoms with Gasteiger partial charge in [0, 0.05) is 11.1 Å². The third kappa shape index (κ3) is 5.60. The quantitative estimate of drug-likeness (QED) is 0.211. The fourth-order valence-electron chi connectivity index (χ4n) is 3.94. The number of amides is 4. The number of rotatable bonds is 9. The van der Waals surface area contributed by atoms with Crippen LogP contribution in [0.5, 0.6) is 11.5 Å². The van der Waals surface area contributed by atoms with Gasteiger partial charge in [-0.1, -0.05) is 48.0 Å². The Hall–Kier alpha value is -4.43. The lowest BCUT2D eigenvalue weighted by Gasteiger charge is -2.27. The van der Waals surface area contributed by atoms with Crippen molar-refractivity contribution in [3.05, 3.63) is 106 Å². The van der Waals surface area contributed by atoms with Crippen LogP contribution in [0.1, 0.15) is 23.6 Å². The zero-order chi connectivity index (χ0) is 27.2. The maximum atomic E-state index is 14.2. The Kier molecular flexibility index (Phi) is 8.23. The van der Waals surface area contributed by atoms with Gasteiger partial charge in [0.05, 0.1) is 17.3 Å². The van der Waals surface area contributed by atoms with Crippen molar-refractivity contribution in [1.82, 2.24) is 5.32 Å². The predicted octanol–water partition coefficient (Wildman–Crippen LogP) is 5.85. The third-order valence-corrected chi connectivity index (χ3v) is 5.97. The molecule has 1 N–H and O–H groups in total. The minimum Gasteiger partial charge on any atom is -0.490 e. The molecule has 0 aliphatic carbocycles. The first kappa shape index (κ1) is 26.6. The van der Waals surface area contributed by atoms with Crippen molar-refractivity contribution in [1.29, 1.82) is 0 Å². The van der Waals surface area contributed by atoms with Gasteiger partial charge in [0.25, 0.3) is 11.8 Å². The van der Waals surface area contributed by atoms with Gasteiger partial charge >= 0.3 is 6.03 Å². The number of barbiturate groups is 1. The molecule has 1 aliphatic rings. The summed E-state index contributed by atoms with van der Waals surface area (Å²) < 4.78 is 25.9. The summed E-state index contributed by atoms with van der Waals surface area (Å²) in [5.74, 6) is -1.32. The molecule has 0 radical (unpaired) electrons. The highest BCUT2D eigenvalue weighted by Gasteiger charge is 2.37. The summed E-state index contributed by atoms with van der Waals surface area (Å²) in [7, 11) is 0. The molecule has 1 aliphatic heterocycles. The number of nitrogens with one attached hydrogen (secondary N) is 1. The highest BCUT2D eigenvalue weighted by Crippen LogP contribution is 2.36. The molecule has 38 heavy (non-hydrogen) atoms. The van der Waals surface area contributed by atoms with Gasteiger partial charge in [0.2, 0.25) is 0 Å². The smallest absolute Gasteiger partial charge is 0.335 e. The SMILES string of the molecule is C=CCc1cc(/C=C2\C(=O)NC(=O)N(c3ccccc3Cl)C2=O)cc(OCC)c1OCc1ccccc1F. The van der Waals surface area contributed by atoms with Gasteiger partial charge in [0.15, 0.2) is 11.5 Å². The second kappa shape index (κ2) is 11.7. The number of nitrogens with zero attached hydrogens (tertiary/aromatic N) is 1. The molecule has 194 valence electrons. The van der Waals surface area contributed by atoms with Crippen molar-refractivity contribution in [2.45, 2.75) is 20.0 Å². The molecule has 0 spiro atoms. The molecule has 7 nitrogen and oxygen atoms in total. The zero-order valence-corrected chi connectivity index (χ0v) is 21.3. The van der Waals surface area contributed by atoms with Gasteiger partial charge in [-0.15, -0.1) is 6.58 Å². The zero-order valence-electron chi connectivity index (χ0n) is 20.5. The first-order chi connectivity index (χ1) is 18.3. The van der Waals surface area contributed by atoms with Gasteiger partial charge < -0.3 is 9.47 Å². The molecule has 1 heterocycles. The lowest BCUT2D eigenvalue weighted by molar-refractivity contribution is -0.122. The fraction of sp³-hybridized carbons (Fsp3) is 0.138. The molecule has 1 saturated heterocycles. The van der Waals surface area contributed by atoms with Gasteiger partial charge in [-0.25, -0.2) is 14.1 Å². The average Bonchev–Trinajstić information content (AvgIpc) is 2.88. The third-order valence-electron chi connectivity index (χ3n) is 5.65. The topological polar surface area (TPSA) is 84.9 Å². The van der Waals surface area contributed by atoms with E-state index in [0.717, 1.165) is 4.90 Å². The largest absolute Gasteiger partial charge is 0.490 e. The predicted molar refractivity (Wildman–Crippen MR) is 143 cm³/mol. The van der Waals surface area contributed by atoms with E-state index in [4.69, 9.17) is 21.1 Å². The Labute approximate surface area is 224 Å². The number of hydrogen-bond acceptors (Lipinski definition) is 5. The molecule has 4 rings (SSSR count). The van der Waals surface area contributed by atoms with E-state index in [2.05, 4.69) is 11.9 Å². The minimum absolute atomic E-state index is 0.0346. The van der Waals surface area contributed by atoms with Crippen LogP contribution in [-0.4, -0.2) is 24.5 Å². The summed E-state index contributed by atoms with van der Waals surface area (Å²) >= 11 is 6.20.